The second kappa shape index (κ2) is 9.53. The summed E-state index contributed by atoms with van der Waals surface area (Å²) >= 11 is 0. The Bertz CT molecular complexity index is 1160. The molecule has 1 heterocycles. The van der Waals surface area contributed by atoms with Crippen LogP contribution < -0.4 is 14.4 Å². The van der Waals surface area contributed by atoms with Crippen LogP contribution in [-0.2, 0) is 0 Å². The molecule has 0 aliphatic carbocycles. The molecule has 0 radical (unpaired) electrons. The average Bonchev–Trinajstić information content (AvgIpc) is 2.81. The summed E-state index contributed by atoms with van der Waals surface area (Å²) in [5, 5.41) is 0. The Labute approximate surface area is 197 Å². The van der Waals surface area contributed by atoms with Gasteiger partial charge in [0, 0.05) is 24.0 Å². The topological polar surface area (TPSA) is 34.1 Å². The summed E-state index contributed by atoms with van der Waals surface area (Å²) in [6.07, 6.45) is 5.42. The van der Waals surface area contributed by atoms with E-state index >= 15 is 0 Å². The lowest BCUT2D eigenvalue weighted by Gasteiger charge is -2.43. The van der Waals surface area contributed by atoms with Gasteiger partial charge in [0.15, 0.2) is 0 Å². The normalized spacial score (nSPS) is 14.7. The van der Waals surface area contributed by atoms with Crippen molar-refractivity contribution in [3.8, 4) is 17.2 Å². The van der Waals surface area contributed by atoms with E-state index in [2.05, 4.69) is 61.9 Å². The first-order valence-electron chi connectivity index (χ1n) is 11.5. The number of hydrogen-bond donors (Lipinski definition) is 0. The number of aliphatic imine (C=N–C) groups is 1. The second-order valence-electron chi connectivity index (χ2n) is 8.94. The molecule has 3 aromatic carbocycles. The van der Waals surface area contributed by atoms with Crippen molar-refractivity contribution >= 4 is 23.2 Å². The van der Waals surface area contributed by atoms with Crippen molar-refractivity contribution in [2.45, 2.75) is 39.7 Å². The lowest BCUT2D eigenvalue weighted by Crippen LogP contribution is -2.45. The molecule has 170 valence electrons. The maximum absolute atomic E-state index is 5.90. The Morgan fingerprint density at radius 3 is 2.18 bits per heavy atom. The van der Waals surface area contributed by atoms with E-state index in [-0.39, 0.29) is 5.54 Å². The molecule has 0 unspecified atom stereocenters. The molecule has 0 amide bonds. The Morgan fingerprint density at radius 1 is 0.909 bits per heavy atom. The molecule has 1 aliphatic rings. The number of methoxy groups -OCH3 is 1. The largest absolute Gasteiger partial charge is 0.497 e. The lowest BCUT2D eigenvalue weighted by atomic mass is 9.88. The van der Waals surface area contributed by atoms with E-state index in [1.165, 1.54) is 16.8 Å². The number of hydrogen-bond acceptors (Lipinski definition) is 4. The van der Waals surface area contributed by atoms with Gasteiger partial charge in [0.05, 0.1) is 18.3 Å². The zero-order chi connectivity index (χ0) is 23.4. The van der Waals surface area contributed by atoms with Crippen LogP contribution in [0.25, 0.3) is 5.57 Å². The van der Waals surface area contributed by atoms with Crippen LogP contribution in [0.4, 0.5) is 11.4 Å². The first-order valence-corrected chi connectivity index (χ1v) is 11.5. The van der Waals surface area contributed by atoms with E-state index in [4.69, 9.17) is 9.47 Å². The molecule has 0 atom stereocenters. The van der Waals surface area contributed by atoms with E-state index in [0.29, 0.717) is 0 Å². The van der Waals surface area contributed by atoms with Gasteiger partial charge in [0.1, 0.15) is 17.2 Å². The van der Waals surface area contributed by atoms with Gasteiger partial charge in [-0.3, -0.25) is 4.99 Å². The highest BCUT2D eigenvalue weighted by Crippen LogP contribution is 2.39. The molecule has 0 spiro atoms. The Kier molecular flexibility index (Phi) is 6.55. The van der Waals surface area contributed by atoms with Crippen LogP contribution in [0, 0.1) is 0 Å². The maximum Gasteiger partial charge on any atom is 0.127 e. The monoisotopic (exact) mass is 440 g/mol. The lowest BCUT2D eigenvalue weighted by molar-refractivity contribution is 0.413. The highest BCUT2D eigenvalue weighted by Gasteiger charge is 2.30. The molecule has 4 heteroatoms. The number of ether oxygens (including phenoxy) is 2. The third-order valence-electron chi connectivity index (χ3n) is 5.94. The zero-order valence-corrected chi connectivity index (χ0v) is 20.1. The smallest absolute Gasteiger partial charge is 0.127 e. The molecule has 4 rings (SSSR count). The summed E-state index contributed by atoms with van der Waals surface area (Å²) in [4.78, 5) is 7.17. The van der Waals surface area contributed by atoms with E-state index < -0.39 is 0 Å². The van der Waals surface area contributed by atoms with Crippen LogP contribution in [0.5, 0.6) is 17.2 Å². The van der Waals surface area contributed by atoms with Gasteiger partial charge in [-0.15, -0.1) is 0 Å². The van der Waals surface area contributed by atoms with Crippen LogP contribution in [0.15, 0.2) is 77.8 Å². The van der Waals surface area contributed by atoms with Crippen LogP contribution in [0.3, 0.4) is 0 Å². The third-order valence-corrected chi connectivity index (χ3v) is 5.94. The fourth-order valence-corrected chi connectivity index (χ4v) is 4.34. The van der Waals surface area contributed by atoms with Gasteiger partial charge in [-0.1, -0.05) is 19.1 Å². The standard InChI is InChI=1S/C29H32N2O2/c1-6-17-31-28-16-7-22(18-27(28)21(2)19-29(31,3)4)20-30-23-8-10-25(11-9-23)33-26-14-12-24(32-5)13-15-26/h7-16,18-20H,6,17H2,1-5H3. The van der Waals surface area contributed by atoms with E-state index in [1.54, 1.807) is 7.11 Å². The quantitative estimate of drug-likeness (QED) is 0.354. The zero-order valence-electron chi connectivity index (χ0n) is 20.1. The molecular formula is C29H32N2O2. The van der Waals surface area contributed by atoms with E-state index in [9.17, 15) is 0 Å². The molecule has 33 heavy (non-hydrogen) atoms. The molecule has 0 N–H and O–H groups in total. The van der Waals surface area contributed by atoms with Gasteiger partial charge in [-0.05, 0) is 99.0 Å². The maximum atomic E-state index is 5.90. The van der Waals surface area contributed by atoms with Gasteiger partial charge >= 0.3 is 0 Å². The number of allylic oxidation sites excluding steroid dienone is 1. The van der Waals surface area contributed by atoms with Gasteiger partial charge < -0.3 is 14.4 Å². The second-order valence-corrected chi connectivity index (χ2v) is 8.94. The van der Waals surface area contributed by atoms with Crippen molar-refractivity contribution in [1.82, 2.24) is 0 Å². The molecule has 4 nitrogen and oxygen atoms in total. The van der Waals surface area contributed by atoms with E-state index in [1.807, 2.05) is 54.7 Å². The van der Waals surface area contributed by atoms with Crippen LogP contribution in [0.2, 0.25) is 0 Å². The van der Waals surface area contributed by atoms with Crippen LogP contribution >= 0.6 is 0 Å². The fraction of sp³-hybridized carbons (Fsp3) is 0.276. The van der Waals surface area contributed by atoms with Crippen molar-refractivity contribution in [2.75, 3.05) is 18.6 Å². The summed E-state index contributed by atoms with van der Waals surface area (Å²) in [5.41, 5.74) is 5.91. The predicted molar refractivity (Wildman–Crippen MR) is 139 cm³/mol. The van der Waals surface area contributed by atoms with Crippen molar-refractivity contribution in [2.24, 2.45) is 4.99 Å². The van der Waals surface area contributed by atoms with Gasteiger partial charge in [0.2, 0.25) is 0 Å². The molecule has 0 saturated heterocycles. The van der Waals surface area contributed by atoms with Gasteiger partial charge in [-0.25, -0.2) is 0 Å². The number of rotatable bonds is 7. The summed E-state index contributed by atoms with van der Waals surface area (Å²) < 4.78 is 11.1. The van der Waals surface area contributed by atoms with Crippen molar-refractivity contribution < 1.29 is 9.47 Å². The summed E-state index contributed by atoms with van der Waals surface area (Å²) in [6.45, 7) is 10.0. The molecule has 0 bridgehead atoms. The Balaban J connectivity index is 1.48. The Morgan fingerprint density at radius 2 is 1.55 bits per heavy atom. The minimum absolute atomic E-state index is 0.0261. The first-order chi connectivity index (χ1) is 15.9. The molecule has 0 fully saturated rings. The summed E-state index contributed by atoms with van der Waals surface area (Å²) in [6, 6.07) is 22.0. The van der Waals surface area contributed by atoms with Crippen molar-refractivity contribution in [3.63, 3.8) is 0 Å². The highest BCUT2D eigenvalue weighted by atomic mass is 16.5. The number of nitrogens with zero attached hydrogens (tertiary/aromatic N) is 2. The average molecular weight is 441 g/mol. The van der Waals surface area contributed by atoms with E-state index in [0.717, 1.165) is 41.5 Å². The molecule has 3 aromatic rings. The van der Waals surface area contributed by atoms with Crippen molar-refractivity contribution in [3.05, 3.63) is 83.9 Å². The predicted octanol–water partition coefficient (Wildman–Crippen LogP) is 7.65. The molecule has 0 aromatic heterocycles. The summed E-state index contributed by atoms with van der Waals surface area (Å²) in [7, 11) is 1.65. The molecule has 1 aliphatic heterocycles. The minimum Gasteiger partial charge on any atom is -0.497 e. The summed E-state index contributed by atoms with van der Waals surface area (Å²) in [5.74, 6) is 2.35. The van der Waals surface area contributed by atoms with Crippen LogP contribution in [-0.4, -0.2) is 25.4 Å². The SMILES string of the molecule is CCCN1c2ccc(C=Nc3ccc(Oc4ccc(OC)cc4)cc3)cc2C(C)=CC1(C)C. The number of anilines is 1. The van der Waals surface area contributed by atoms with Gasteiger partial charge in [0.25, 0.3) is 0 Å². The fourth-order valence-electron chi connectivity index (χ4n) is 4.34. The minimum atomic E-state index is 0.0261. The number of benzene rings is 3. The molecule has 0 saturated carbocycles. The van der Waals surface area contributed by atoms with Gasteiger partial charge in [-0.2, -0.15) is 0 Å². The number of fused-ring (bicyclic) bond motifs is 1. The van der Waals surface area contributed by atoms with Crippen molar-refractivity contribution in [1.29, 1.82) is 0 Å². The third kappa shape index (κ3) is 5.11. The Hall–Kier alpha value is -3.53. The highest BCUT2D eigenvalue weighted by molar-refractivity contribution is 5.88. The first kappa shape index (κ1) is 22.7. The molecular weight excluding hydrogens is 408 g/mol. The van der Waals surface area contributed by atoms with Crippen LogP contribution in [0.1, 0.15) is 45.2 Å².